The first-order valence-electron chi connectivity index (χ1n) is 10.7. The third kappa shape index (κ3) is 7.79. The summed E-state index contributed by atoms with van der Waals surface area (Å²) < 4.78 is 0. The van der Waals surface area contributed by atoms with Gasteiger partial charge in [-0.05, 0) is 62.2 Å². The minimum atomic E-state index is -0.875. The Hall–Kier alpha value is -1.05. The van der Waals surface area contributed by atoms with Crippen molar-refractivity contribution in [2.45, 2.75) is 90.4 Å². The standard InChI is InChI=1S/C23H38O2/c1-2-8-19-11-15-21(16-12-19)22-17-13-20(14-18-22)9-6-4-3-5-7-10-23(24)25/h3,5,7,10,19-22H,2,4,6,8-9,11-18H2,1H3,(H,24,25). The SMILES string of the molecule is CCCC1CCC(C2CCC(CCCC=CC=CC(=O)O)CC2)CC1. The summed E-state index contributed by atoms with van der Waals surface area (Å²) in [4.78, 5) is 10.4. The van der Waals surface area contributed by atoms with Crippen molar-refractivity contribution in [1.82, 2.24) is 0 Å². The van der Waals surface area contributed by atoms with E-state index in [0.717, 1.165) is 30.1 Å². The van der Waals surface area contributed by atoms with Crippen LogP contribution in [0.3, 0.4) is 0 Å². The van der Waals surface area contributed by atoms with Crippen molar-refractivity contribution in [3.8, 4) is 0 Å². The van der Waals surface area contributed by atoms with E-state index in [0.29, 0.717) is 0 Å². The lowest BCUT2D eigenvalue weighted by Gasteiger charge is -2.38. The lowest BCUT2D eigenvalue weighted by molar-refractivity contribution is -0.131. The Morgan fingerprint density at radius 2 is 1.44 bits per heavy atom. The Bertz CT molecular complexity index is 421. The summed E-state index contributed by atoms with van der Waals surface area (Å²) in [5, 5.41) is 8.52. The van der Waals surface area contributed by atoms with E-state index in [2.05, 4.69) is 13.0 Å². The van der Waals surface area contributed by atoms with Crippen LogP contribution in [0.25, 0.3) is 0 Å². The maximum Gasteiger partial charge on any atom is 0.328 e. The molecule has 25 heavy (non-hydrogen) atoms. The quantitative estimate of drug-likeness (QED) is 0.284. The van der Waals surface area contributed by atoms with Crippen LogP contribution >= 0.6 is 0 Å². The predicted molar refractivity (Wildman–Crippen MR) is 106 cm³/mol. The van der Waals surface area contributed by atoms with E-state index >= 15 is 0 Å². The molecule has 0 radical (unpaired) electrons. The molecule has 2 fully saturated rings. The first-order chi connectivity index (χ1) is 12.2. The maximum absolute atomic E-state index is 10.4. The molecule has 0 spiro atoms. The van der Waals surface area contributed by atoms with E-state index in [4.69, 9.17) is 5.11 Å². The minimum Gasteiger partial charge on any atom is -0.478 e. The number of carboxylic acids is 1. The summed E-state index contributed by atoms with van der Waals surface area (Å²) in [6.07, 6.45) is 25.1. The molecule has 0 atom stereocenters. The molecule has 0 aromatic heterocycles. The molecule has 2 nitrogen and oxygen atoms in total. The van der Waals surface area contributed by atoms with Gasteiger partial charge in [-0.3, -0.25) is 0 Å². The van der Waals surface area contributed by atoms with Gasteiger partial charge in [0.05, 0.1) is 0 Å². The van der Waals surface area contributed by atoms with Crippen LogP contribution in [0.15, 0.2) is 24.3 Å². The molecule has 0 aliphatic heterocycles. The van der Waals surface area contributed by atoms with E-state index in [1.54, 1.807) is 6.08 Å². The Balaban J connectivity index is 1.55. The van der Waals surface area contributed by atoms with Crippen molar-refractivity contribution in [3.05, 3.63) is 24.3 Å². The monoisotopic (exact) mass is 346 g/mol. The number of rotatable bonds is 9. The Morgan fingerprint density at radius 1 is 0.880 bits per heavy atom. The molecule has 0 unspecified atom stereocenters. The van der Waals surface area contributed by atoms with Crippen molar-refractivity contribution in [1.29, 1.82) is 0 Å². The largest absolute Gasteiger partial charge is 0.478 e. The Morgan fingerprint density at radius 3 is 1.96 bits per heavy atom. The number of aliphatic carboxylic acids is 1. The highest BCUT2D eigenvalue weighted by atomic mass is 16.4. The van der Waals surface area contributed by atoms with Gasteiger partial charge in [-0.15, -0.1) is 0 Å². The zero-order valence-electron chi connectivity index (χ0n) is 16.2. The fourth-order valence-electron chi connectivity index (χ4n) is 5.14. The van der Waals surface area contributed by atoms with Crippen LogP contribution in [0.1, 0.15) is 90.4 Å². The van der Waals surface area contributed by atoms with E-state index in [9.17, 15) is 4.79 Å². The van der Waals surface area contributed by atoms with E-state index in [-0.39, 0.29) is 0 Å². The zero-order chi connectivity index (χ0) is 17.9. The van der Waals surface area contributed by atoms with Gasteiger partial charge in [0.15, 0.2) is 0 Å². The highest BCUT2D eigenvalue weighted by Crippen LogP contribution is 2.42. The molecule has 2 heteroatoms. The van der Waals surface area contributed by atoms with Crippen molar-refractivity contribution in [2.24, 2.45) is 23.7 Å². The molecule has 0 amide bonds. The summed E-state index contributed by atoms with van der Waals surface area (Å²) in [6.45, 7) is 2.33. The lowest BCUT2D eigenvalue weighted by atomic mass is 9.68. The van der Waals surface area contributed by atoms with Gasteiger partial charge in [0.2, 0.25) is 0 Å². The van der Waals surface area contributed by atoms with Crippen LogP contribution in [0, 0.1) is 23.7 Å². The number of carbonyl (C=O) groups is 1. The molecule has 2 aliphatic rings. The smallest absolute Gasteiger partial charge is 0.328 e. The molecule has 0 aromatic rings. The Kier molecular flexibility index (Phi) is 9.36. The summed E-state index contributed by atoms with van der Waals surface area (Å²) in [5.41, 5.74) is 0. The maximum atomic E-state index is 10.4. The summed E-state index contributed by atoms with van der Waals surface area (Å²) in [7, 11) is 0. The van der Waals surface area contributed by atoms with E-state index in [1.807, 2.05) is 6.08 Å². The average Bonchev–Trinajstić information content (AvgIpc) is 2.62. The fourth-order valence-corrected chi connectivity index (χ4v) is 5.14. The molecule has 2 rings (SSSR count). The van der Waals surface area contributed by atoms with E-state index < -0.39 is 5.97 Å². The van der Waals surface area contributed by atoms with Gasteiger partial charge in [0, 0.05) is 6.08 Å². The van der Waals surface area contributed by atoms with Gasteiger partial charge in [0.25, 0.3) is 0 Å². The molecule has 1 N–H and O–H groups in total. The van der Waals surface area contributed by atoms with Crippen molar-refractivity contribution in [2.75, 3.05) is 0 Å². The second-order valence-corrected chi connectivity index (χ2v) is 8.41. The number of allylic oxidation sites excluding steroid dienone is 3. The molecule has 0 bridgehead atoms. The van der Waals surface area contributed by atoms with Crippen molar-refractivity contribution in [3.63, 3.8) is 0 Å². The van der Waals surface area contributed by atoms with Gasteiger partial charge in [-0.25, -0.2) is 4.79 Å². The number of carboxylic acid groups (broad SMARTS) is 1. The molecule has 0 saturated heterocycles. The van der Waals surface area contributed by atoms with Crippen molar-refractivity contribution < 1.29 is 9.90 Å². The second-order valence-electron chi connectivity index (χ2n) is 8.41. The van der Waals surface area contributed by atoms with Crippen LogP contribution in [0.4, 0.5) is 0 Å². The molecule has 0 heterocycles. The lowest BCUT2D eigenvalue weighted by Crippen LogP contribution is -2.25. The van der Waals surface area contributed by atoms with Crippen LogP contribution in [-0.4, -0.2) is 11.1 Å². The van der Waals surface area contributed by atoms with Crippen molar-refractivity contribution >= 4 is 5.97 Å². The summed E-state index contributed by atoms with van der Waals surface area (Å²) in [5.74, 6) is 3.17. The second kappa shape index (κ2) is 11.5. The van der Waals surface area contributed by atoms with Crippen LogP contribution in [0.2, 0.25) is 0 Å². The zero-order valence-corrected chi connectivity index (χ0v) is 16.2. The summed E-state index contributed by atoms with van der Waals surface area (Å²) >= 11 is 0. The van der Waals surface area contributed by atoms with Gasteiger partial charge in [0.1, 0.15) is 0 Å². The molecule has 142 valence electrons. The van der Waals surface area contributed by atoms with Crippen LogP contribution in [-0.2, 0) is 4.79 Å². The molecular weight excluding hydrogens is 308 g/mol. The first kappa shape index (κ1) is 20.3. The fraction of sp³-hybridized carbons (Fsp3) is 0.783. The van der Waals surface area contributed by atoms with E-state index in [1.165, 1.54) is 83.1 Å². The highest BCUT2D eigenvalue weighted by Gasteiger charge is 2.30. The Labute approximate surface area is 154 Å². The minimum absolute atomic E-state index is 0.875. The third-order valence-corrected chi connectivity index (χ3v) is 6.62. The first-order valence-corrected chi connectivity index (χ1v) is 10.7. The number of unbranched alkanes of at least 4 members (excludes halogenated alkanes) is 1. The highest BCUT2D eigenvalue weighted by molar-refractivity contribution is 5.80. The predicted octanol–water partition coefficient (Wildman–Crippen LogP) is 6.77. The third-order valence-electron chi connectivity index (χ3n) is 6.62. The topological polar surface area (TPSA) is 37.3 Å². The number of hydrogen-bond acceptors (Lipinski definition) is 1. The van der Waals surface area contributed by atoms with Gasteiger partial charge in [-0.2, -0.15) is 0 Å². The van der Waals surface area contributed by atoms with Gasteiger partial charge < -0.3 is 5.11 Å². The normalized spacial score (nSPS) is 30.9. The van der Waals surface area contributed by atoms with Gasteiger partial charge >= 0.3 is 5.97 Å². The van der Waals surface area contributed by atoms with Gasteiger partial charge in [-0.1, -0.05) is 70.1 Å². The molecule has 0 aromatic carbocycles. The average molecular weight is 347 g/mol. The molecule has 2 aliphatic carbocycles. The summed E-state index contributed by atoms with van der Waals surface area (Å²) in [6, 6.07) is 0. The van der Waals surface area contributed by atoms with Crippen LogP contribution in [0.5, 0.6) is 0 Å². The molecular formula is C23H38O2. The van der Waals surface area contributed by atoms with Crippen LogP contribution < -0.4 is 0 Å². The molecule has 2 saturated carbocycles. The number of hydrogen-bond donors (Lipinski definition) is 1.